The van der Waals surface area contributed by atoms with Crippen LogP contribution in [0.3, 0.4) is 0 Å². The molecule has 0 fully saturated rings. The number of carbonyl (C=O) groups is 2. The maximum atomic E-state index is 13.0. The number of ketones is 1. The van der Waals surface area contributed by atoms with Gasteiger partial charge in [-0.15, -0.1) is 0 Å². The van der Waals surface area contributed by atoms with Crippen molar-refractivity contribution >= 4 is 34.7 Å². The molecule has 2 aromatic carbocycles. The number of hydrogen-bond acceptors (Lipinski definition) is 5. The molecule has 0 saturated carbocycles. The van der Waals surface area contributed by atoms with Gasteiger partial charge in [-0.3, -0.25) is 34.7 Å². The Bertz CT molecular complexity index is 1370. The number of amides is 1. The van der Waals surface area contributed by atoms with Crippen molar-refractivity contribution in [3.05, 3.63) is 90.7 Å². The number of H-pyrrole nitrogens is 2. The molecule has 9 nitrogen and oxygen atoms in total. The number of nitro benzene ring substituents is 1. The van der Waals surface area contributed by atoms with Gasteiger partial charge in [-0.2, -0.15) is 0 Å². The fourth-order valence-corrected chi connectivity index (χ4v) is 3.28. The SMILES string of the molecule is CN1C(=O)/C(=c2/[nH][nH]c(=O)/c2=C\c2cccc([N+](=O)[O-])c2)C(=O)c2ccccc21. The molecule has 3 aromatic rings. The molecule has 144 valence electrons. The number of non-ortho nitro benzene ring substituents is 1. The summed E-state index contributed by atoms with van der Waals surface area (Å²) in [7, 11) is 1.54. The fourth-order valence-electron chi connectivity index (χ4n) is 3.28. The van der Waals surface area contributed by atoms with E-state index in [4.69, 9.17) is 0 Å². The third-order valence-electron chi connectivity index (χ3n) is 4.71. The predicted octanol–water partition coefficient (Wildman–Crippen LogP) is 0.450. The van der Waals surface area contributed by atoms with Crippen LogP contribution in [0.15, 0.2) is 53.3 Å². The van der Waals surface area contributed by atoms with Crippen LogP contribution in [0.1, 0.15) is 15.9 Å². The zero-order valence-corrected chi connectivity index (χ0v) is 15.1. The van der Waals surface area contributed by atoms with Crippen LogP contribution in [0.2, 0.25) is 0 Å². The zero-order valence-electron chi connectivity index (χ0n) is 15.1. The zero-order chi connectivity index (χ0) is 20.7. The van der Waals surface area contributed by atoms with Gasteiger partial charge in [0.15, 0.2) is 0 Å². The summed E-state index contributed by atoms with van der Waals surface area (Å²) in [5.41, 5.74) is 0.331. The molecule has 2 N–H and O–H groups in total. The van der Waals surface area contributed by atoms with Crippen molar-refractivity contribution in [2.45, 2.75) is 0 Å². The van der Waals surface area contributed by atoms with Gasteiger partial charge >= 0.3 is 0 Å². The number of Topliss-reactive ketones (excluding diaryl/α,β-unsaturated/α-hetero) is 1. The molecule has 1 aromatic heterocycles. The maximum absolute atomic E-state index is 13.0. The highest BCUT2D eigenvalue weighted by atomic mass is 16.6. The number of nitrogens with zero attached hydrogens (tertiary/aromatic N) is 2. The van der Waals surface area contributed by atoms with E-state index < -0.39 is 22.2 Å². The van der Waals surface area contributed by atoms with Crippen LogP contribution in [-0.4, -0.2) is 33.9 Å². The second kappa shape index (κ2) is 6.71. The number of carbonyl (C=O) groups excluding carboxylic acids is 2. The minimum absolute atomic E-state index is 0.0370. The Kier molecular flexibility index (Phi) is 4.19. The lowest BCUT2D eigenvalue weighted by Crippen LogP contribution is -2.44. The first kappa shape index (κ1) is 18.1. The summed E-state index contributed by atoms with van der Waals surface area (Å²) in [5.74, 6) is -1.06. The fraction of sp³-hybridized carbons (Fsp3) is 0.0500. The van der Waals surface area contributed by atoms with Crippen LogP contribution in [0.5, 0.6) is 0 Å². The molecule has 0 aliphatic carbocycles. The summed E-state index contributed by atoms with van der Waals surface area (Å²) >= 11 is 0. The van der Waals surface area contributed by atoms with E-state index in [1.165, 1.54) is 29.2 Å². The van der Waals surface area contributed by atoms with Crippen molar-refractivity contribution in [2.75, 3.05) is 11.9 Å². The Morgan fingerprint density at radius 1 is 1.03 bits per heavy atom. The third kappa shape index (κ3) is 2.94. The van der Waals surface area contributed by atoms with E-state index >= 15 is 0 Å². The van der Waals surface area contributed by atoms with E-state index in [-0.39, 0.29) is 21.8 Å². The molecule has 4 rings (SSSR count). The summed E-state index contributed by atoms with van der Waals surface area (Å²) in [6.07, 6.45) is 1.39. The molecule has 0 bridgehead atoms. The Hall–Kier alpha value is -4.27. The Labute approximate surface area is 162 Å². The van der Waals surface area contributed by atoms with E-state index in [9.17, 15) is 24.5 Å². The number of hydrogen-bond donors (Lipinski definition) is 2. The lowest BCUT2D eigenvalue weighted by atomic mass is 9.95. The Morgan fingerprint density at radius 2 is 1.79 bits per heavy atom. The van der Waals surface area contributed by atoms with Crippen molar-refractivity contribution < 1.29 is 14.5 Å². The second-order valence-electron chi connectivity index (χ2n) is 6.45. The minimum Gasteiger partial charge on any atom is -0.310 e. The first-order valence-electron chi connectivity index (χ1n) is 8.57. The number of fused-ring (bicyclic) bond motifs is 1. The average molecular weight is 390 g/mol. The number of aromatic nitrogens is 2. The van der Waals surface area contributed by atoms with Gasteiger partial charge in [-0.25, -0.2) is 0 Å². The average Bonchev–Trinajstić information content (AvgIpc) is 3.07. The van der Waals surface area contributed by atoms with Gasteiger partial charge in [0.1, 0.15) is 5.57 Å². The molecule has 9 heteroatoms. The molecule has 0 atom stereocenters. The first-order valence-corrected chi connectivity index (χ1v) is 8.57. The highest BCUT2D eigenvalue weighted by Crippen LogP contribution is 2.28. The number of rotatable bonds is 2. The van der Waals surface area contributed by atoms with E-state index in [1.54, 1.807) is 37.4 Å². The number of nitrogens with one attached hydrogen (secondary N) is 2. The smallest absolute Gasteiger partial charge is 0.271 e. The number of aromatic amines is 2. The molecule has 0 spiro atoms. The van der Waals surface area contributed by atoms with Crippen LogP contribution < -0.4 is 21.0 Å². The lowest BCUT2D eigenvalue weighted by Gasteiger charge is -2.25. The van der Waals surface area contributed by atoms with Crippen molar-refractivity contribution in [3.8, 4) is 0 Å². The van der Waals surface area contributed by atoms with Crippen molar-refractivity contribution in [1.29, 1.82) is 0 Å². The highest BCUT2D eigenvalue weighted by molar-refractivity contribution is 6.51. The topological polar surface area (TPSA) is 129 Å². The monoisotopic (exact) mass is 390 g/mol. The molecular formula is C20H14N4O5. The van der Waals surface area contributed by atoms with E-state index in [0.717, 1.165) is 0 Å². The Balaban J connectivity index is 2.01. The van der Waals surface area contributed by atoms with Crippen LogP contribution in [-0.2, 0) is 4.79 Å². The molecule has 0 radical (unpaired) electrons. The molecule has 1 amide bonds. The molecule has 29 heavy (non-hydrogen) atoms. The second-order valence-corrected chi connectivity index (χ2v) is 6.45. The molecular weight excluding hydrogens is 376 g/mol. The Morgan fingerprint density at radius 3 is 2.55 bits per heavy atom. The summed E-state index contributed by atoms with van der Waals surface area (Å²) < 4.78 is 0. The molecule has 1 aliphatic rings. The first-order chi connectivity index (χ1) is 13.9. The van der Waals surface area contributed by atoms with Gasteiger partial charge in [-0.1, -0.05) is 24.3 Å². The van der Waals surface area contributed by atoms with Crippen LogP contribution >= 0.6 is 0 Å². The third-order valence-corrected chi connectivity index (χ3v) is 4.71. The van der Waals surface area contributed by atoms with Gasteiger partial charge in [0.05, 0.1) is 21.2 Å². The van der Waals surface area contributed by atoms with Gasteiger partial charge in [0.25, 0.3) is 17.2 Å². The molecule has 0 unspecified atom stereocenters. The molecule has 0 saturated heterocycles. The van der Waals surface area contributed by atoms with E-state index in [2.05, 4.69) is 10.2 Å². The normalized spacial score (nSPS) is 16.2. The summed E-state index contributed by atoms with van der Waals surface area (Å²) in [5, 5.41) is 16.1. The van der Waals surface area contributed by atoms with Crippen molar-refractivity contribution in [2.24, 2.45) is 0 Å². The van der Waals surface area contributed by atoms with Crippen molar-refractivity contribution in [3.63, 3.8) is 0 Å². The van der Waals surface area contributed by atoms with E-state index in [1.807, 2.05) is 0 Å². The molecule has 2 heterocycles. The van der Waals surface area contributed by atoms with Gasteiger partial charge in [-0.05, 0) is 23.8 Å². The standard InChI is InChI=1S/C20H14N4O5/c1-23-15-8-3-2-7-13(15)18(25)16(20(23)27)17-14(19(26)22-21-17)10-11-5-4-6-12(9-11)24(28)29/h2-10,21H,1H3,(H,22,26)/b14-10-,17-16+. The summed E-state index contributed by atoms with van der Waals surface area (Å²) in [6.45, 7) is 0. The lowest BCUT2D eigenvalue weighted by molar-refractivity contribution is -0.384. The largest absolute Gasteiger partial charge is 0.310 e. The number of benzene rings is 2. The number of nitro groups is 1. The quantitative estimate of drug-likeness (QED) is 0.485. The van der Waals surface area contributed by atoms with Gasteiger partial charge < -0.3 is 4.90 Å². The van der Waals surface area contributed by atoms with Crippen LogP contribution in [0.25, 0.3) is 11.6 Å². The van der Waals surface area contributed by atoms with Crippen LogP contribution in [0.4, 0.5) is 11.4 Å². The highest BCUT2D eigenvalue weighted by Gasteiger charge is 2.33. The minimum atomic E-state index is -0.558. The van der Waals surface area contributed by atoms with Gasteiger partial charge in [0, 0.05) is 24.7 Å². The predicted molar refractivity (Wildman–Crippen MR) is 105 cm³/mol. The van der Waals surface area contributed by atoms with Gasteiger partial charge in [0.2, 0.25) is 5.78 Å². The van der Waals surface area contributed by atoms with E-state index in [0.29, 0.717) is 16.8 Å². The maximum Gasteiger partial charge on any atom is 0.271 e. The summed E-state index contributed by atoms with van der Waals surface area (Å²) in [4.78, 5) is 50.0. The number of para-hydroxylation sites is 1. The summed E-state index contributed by atoms with van der Waals surface area (Å²) in [6, 6.07) is 12.4. The number of anilines is 1. The van der Waals surface area contributed by atoms with Crippen LogP contribution in [0, 0.1) is 10.1 Å². The van der Waals surface area contributed by atoms with Crippen molar-refractivity contribution in [1.82, 2.24) is 10.2 Å². The molecule has 1 aliphatic heterocycles.